The average molecular weight is 524 g/mol. The fourth-order valence-electron chi connectivity index (χ4n) is 3.58. The van der Waals surface area contributed by atoms with Gasteiger partial charge in [-0.1, -0.05) is 36.7 Å². The maximum absolute atomic E-state index is 13.3. The van der Waals surface area contributed by atoms with E-state index in [1.54, 1.807) is 38.3 Å². The molecule has 0 saturated heterocycles. The molecule has 0 unspecified atom stereocenters. The molecule has 0 aliphatic heterocycles. The summed E-state index contributed by atoms with van der Waals surface area (Å²) >= 11 is 6.04. The first-order valence-electron chi connectivity index (χ1n) is 11.5. The zero-order valence-electron chi connectivity index (χ0n) is 20.7. The number of rotatable bonds is 13. The summed E-state index contributed by atoms with van der Waals surface area (Å²) in [5.41, 5.74) is 1.26. The van der Waals surface area contributed by atoms with E-state index in [0.717, 1.165) is 18.2 Å². The second-order valence-corrected chi connectivity index (χ2v) is 10.6. The summed E-state index contributed by atoms with van der Waals surface area (Å²) in [6.07, 6.45) is 2.25. The fourth-order valence-corrected chi connectivity index (χ4v) is 4.72. The molecule has 1 N–H and O–H groups in total. The summed E-state index contributed by atoms with van der Waals surface area (Å²) in [5, 5.41) is 3.26. The second kappa shape index (κ2) is 13.3. The van der Waals surface area contributed by atoms with Crippen LogP contribution in [0.3, 0.4) is 0 Å². The molecule has 0 spiro atoms. The Morgan fingerprint density at radius 1 is 1.14 bits per heavy atom. The standard InChI is InChI=1S/C25H34ClN3O5S/c1-5-14-27-25(31)19(2)28(18-20-9-6-12-23(16-20)34-3)24(30)13-8-15-29(35(4,32)33)22-11-7-10-21(26)17-22/h6-7,9-12,16-17,19H,5,8,13-15,18H2,1-4H3,(H,27,31)/t19-/m1/s1. The van der Waals surface area contributed by atoms with Crippen molar-refractivity contribution < 1.29 is 22.7 Å². The summed E-state index contributed by atoms with van der Waals surface area (Å²) in [6, 6.07) is 13.2. The van der Waals surface area contributed by atoms with Crippen molar-refractivity contribution in [3.05, 3.63) is 59.1 Å². The van der Waals surface area contributed by atoms with Crippen molar-refractivity contribution >= 4 is 39.1 Å². The highest BCUT2D eigenvalue weighted by Crippen LogP contribution is 2.23. The lowest BCUT2D eigenvalue weighted by Gasteiger charge is -2.29. The minimum atomic E-state index is -3.58. The molecule has 1 atom stereocenters. The number of halogens is 1. The third-order valence-electron chi connectivity index (χ3n) is 5.45. The average Bonchev–Trinajstić information content (AvgIpc) is 2.82. The van der Waals surface area contributed by atoms with Crippen LogP contribution >= 0.6 is 11.6 Å². The SMILES string of the molecule is CCCNC(=O)[C@@H](C)N(Cc1cccc(OC)c1)C(=O)CCCN(c1cccc(Cl)c1)S(C)(=O)=O. The lowest BCUT2D eigenvalue weighted by Crippen LogP contribution is -2.47. The van der Waals surface area contributed by atoms with Crippen LogP contribution in [0.25, 0.3) is 0 Å². The van der Waals surface area contributed by atoms with Crippen molar-refractivity contribution in [3.63, 3.8) is 0 Å². The summed E-state index contributed by atoms with van der Waals surface area (Å²) < 4.78 is 31.3. The number of nitrogens with one attached hydrogen (secondary N) is 1. The second-order valence-electron chi connectivity index (χ2n) is 8.26. The van der Waals surface area contributed by atoms with E-state index in [-0.39, 0.29) is 37.7 Å². The molecular formula is C25H34ClN3O5S. The lowest BCUT2D eigenvalue weighted by atomic mass is 10.1. The van der Waals surface area contributed by atoms with E-state index in [1.807, 2.05) is 31.2 Å². The molecule has 0 heterocycles. The van der Waals surface area contributed by atoms with Gasteiger partial charge in [-0.3, -0.25) is 13.9 Å². The van der Waals surface area contributed by atoms with Gasteiger partial charge in [0.15, 0.2) is 0 Å². The Balaban J connectivity index is 2.17. The van der Waals surface area contributed by atoms with Gasteiger partial charge in [0, 0.05) is 31.1 Å². The maximum Gasteiger partial charge on any atom is 0.242 e. The van der Waals surface area contributed by atoms with Crippen LogP contribution in [0.4, 0.5) is 5.69 Å². The van der Waals surface area contributed by atoms with Gasteiger partial charge in [0.05, 0.1) is 19.1 Å². The molecule has 2 rings (SSSR count). The quantitative estimate of drug-likeness (QED) is 0.430. The predicted molar refractivity (Wildman–Crippen MR) is 139 cm³/mol. The number of anilines is 1. The molecule has 0 aliphatic rings. The number of carbonyl (C=O) groups excluding carboxylic acids is 2. The van der Waals surface area contributed by atoms with E-state index in [0.29, 0.717) is 23.0 Å². The Morgan fingerprint density at radius 2 is 1.86 bits per heavy atom. The first kappa shape index (κ1) is 28.5. The van der Waals surface area contributed by atoms with Crippen molar-refractivity contribution in [2.75, 3.05) is 30.8 Å². The first-order chi connectivity index (χ1) is 16.6. The molecule has 0 saturated carbocycles. The predicted octanol–water partition coefficient (Wildman–Crippen LogP) is 3.84. The van der Waals surface area contributed by atoms with Gasteiger partial charge in [-0.25, -0.2) is 8.42 Å². The first-order valence-corrected chi connectivity index (χ1v) is 13.7. The van der Waals surface area contributed by atoms with E-state index in [2.05, 4.69) is 5.32 Å². The normalized spacial score (nSPS) is 12.0. The Kier molecular flexibility index (Phi) is 10.9. The van der Waals surface area contributed by atoms with Crippen LogP contribution in [0.5, 0.6) is 5.75 Å². The van der Waals surface area contributed by atoms with Crippen LogP contribution in [0.15, 0.2) is 48.5 Å². The Labute approximate surface area is 213 Å². The molecule has 0 aliphatic carbocycles. The van der Waals surface area contributed by atoms with Crippen LogP contribution < -0.4 is 14.4 Å². The third kappa shape index (κ3) is 8.74. The lowest BCUT2D eigenvalue weighted by molar-refractivity contribution is -0.140. The van der Waals surface area contributed by atoms with Gasteiger partial charge in [0.1, 0.15) is 11.8 Å². The highest BCUT2D eigenvalue weighted by Gasteiger charge is 2.26. The van der Waals surface area contributed by atoms with Crippen LogP contribution in [0, 0.1) is 0 Å². The summed E-state index contributed by atoms with van der Waals surface area (Å²) in [4.78, 5) is 27.4. The van der Waals surface area contributed by atoms with Gasteiger partial charge in [0.2, 0.25) is 21.8 Å². The Hall–Kier alpha value is -2.78. The molecule has 10 heteroatoms. The summed E-state index contributed by atoms with van der Waals surface area (Å²) in [5.74, 6) is 0.176. The zero-order chi connectivity index (χ0) is 26.0. The molecule has 0 bridgehead atoms. The van der Waals surface area contributed by atoms with E-state index in [9.17, 15) is 18.0 Å². The maximum atomic E-state index is 13.3. The fraction of sp³-hybridized carbons (Fsp3) is 0.440. The van der Waals surface area contributed by atoms with Crippen molar-refractivity contribution in [2.45, 2.75) is 45.7 Å². The van der Waals surface area contributed by atoms with Gasteiger partial charge in [-0.15, -0.1) is 0 Å². The van der Waals surface area contributed by atoms with Crippen molar-refractivity contribution in [1.29, 1.82) is 0 Å². The molecule has 0 aromatic heterocycles. The number of carbonyl (C=O) groups is 2. The molecule has 0 fully saturated rings. The number of hydrogen-bond donors (Lipinski definition) is 1. The molecule has 0 radical (unpaired) electrons. The highest BCUT2D eigenvalue weighted by atomic mass is 35.5. The van der Waals surface area contributed by atoms with E-state index in [4.69, 9.17) is 16.3 Å². The minimum absolute atomic E-state index is 0.0714. The molecule has 2 amide bonds. The van der Waals surface area contributed by atoms with Gasteiger partial charge >= 0.3 is 0 Å². The number of sulfonamides is 1. The molecular weight excluding hydrogens is 490 g/mol. The molecule has 2 aromatic carbocycles. The van der Waals surface area contributed by atoms with Gasteiger partial charge < -0.3 is 15.0 Å². The number of methoxy groups -OCH3 is 1. The molecule has 2 aromatic rings. The van der Waals surface area contributed by atoms with E-state index in [1.165, 1.54) is 9.21 Å². The van der Waals surface area contributed by atoms with E-state index >= 15 is 0 Å². The number of amides is 2. The highest BCUT2D eigenvalue weighted by molar-refractivity contribution is 7.92. The Bertz CT molecular complexity index is 1110. The van der Waals surface area contributed by atoms with E-state index < -0.39 is 16.1 Å². The smallest absolute Gasteiger partial charge is 0.242 e. The molecule has 192 valence electrons. The summed E-state index contributed by atoms with van der Waals surface area (Å²) in [7, 11) is -2.01. The number of benzene rings is 2. The van der Waals surface area contributed by atoms with Crippen molar-refractivity contribution in [1.82, 2.24) is 10.2 Å². The van der Waals surface area contributed by atoms with Crippen LogP contribution in [-0.4, -0.2) is 57.6 Å². The monoisotopic (exact) mass is 523 g/mol. The largest absolute Gasteiger partial charge is 0.497 e. The van der Waals surface area contributed by atoms with Crippen LogP contribution in [0.2, 0.25) is 5.02 Å². The van der Waals surface area contributed by atoms with Gasteiger partial charge in [-0.2, -0.15) is 0 Å². The third-order valence-corrected chi connectivity index (χ3v) is 6.88. The van der Waals surface area contributed by atoms with Crippen molar-refractivity contribution in [3.8, 4) is 5.75 Å². The van der Waals surface area contributed by atoms with Crippen LogP contribution in [-0.2, 0) is 26.2 Å². The van der Waals surface area contributed by atoms with Gasteiger partial charge in [0.25, 0.3) is 0 Å². The number of nitrogens with zero attached hydrogens (tertiary/aromatic N) is 2. The molecule has 8 nitrogen and oxygen atoms in total. The van der Waals surface area contributed by atoms with Gasteiger partial charge in [-0.05, 0) is 55.7 Å². The summed E-state index contributed by atoms with van der Waals surface area (Å²) in [6.45, 7) is 4.50. The minimum Gasteiger partial charge on any atom is -0.497 e. The number of ether oxygens (including phenoxy) is 1. The molecule has 35 heavy (non-hydrogen) atoms. The topological polar surface area (TPSA) is 96.0 Å². The number of hydrogen-bond acceptors (Lipinski definition) is 5. The van der Waals surface area contributed by atoms with Crippen LogP contribution in [0.1, 0.15) is 38.7 Å². The zero-order valence-corrected chi connectivity index (χ0v) is 22.2. The Morgan fingerprint density at radius 3 is 2.49 bits per heavy atom. The van der Waals surface area contributed by atoms with Crippen molar-refractivity contribution in [2.24, 2.45) is 0 Å².